The normalized spacial score (nSPS) is 11.4. The van der Waals surface area contributed by atoms with Gasteiger partial charge < -0.3 is 10.6 Å². The molecule has 1 heterocycles. The number of anilines is 1. The van der Waals surface area contributed by atoms with Crippen LogP contribution in [0.2, 0.25) is 0 Å². The molecule has 4 rings (SSSR count). The lowest BCUT2D eigenvalue weighted by Crippen LogP contribution is -2.13. The van der Waals surface area contributed by atoms with Gasteiger partial charge in [-0.05, 0) is 69.2 Å². The Bertz CT molecular complexity index is 1440. The van der Waals surface area contributed by atoms with E-state index in [0.29, 0.717) is 12.0 Å². The van der Waals surface area contributed by atoms with Crippen molar-refractivity contribution in [2.45, 2.75) is 20.3 Å². The van der Waals surface area contributed by atoms with Gasteiger partial charge in [0.25, 0.3) is 5.91 Å². The lowest BCUT2D eigenvalue weighted by Gasteiger charge is -2.10. The van der Waals surface area contributed by atoms with Gasteiger partial charge in [-0.15, -0.1) is 0 Å². The molecule has 36 heavy (non-hydrogen) atoms. The van der Waals surface area contributed by atoms with Gasteiger partial charge in [0.05, 0.1) is 16.9 Å². The number of aryl methyl sites for hydroxylation is 1. The van der Waals surface area contributed by atoms with Crippen LogP contribution in [0.25, 0.3) is 33.4 Å². The van der Waals surface area contributed by atoms with Gasteiger partial charge in [0.1, 0.15) is 0 Å². The minimum Gasteiger partial charge on any atom is -0.323 e. The Morgan fingerprint density at radius 1 is 1.00 bits per heavy atom. The fourth-order valence-corrected chi connectivity index (χ4v) is 3.87. The monoisotopic (exact) mass is 478 g/mol. The van der Waals surface area contributed by atoms with E-state index >= 15 is 0 Å². The van der Waals surface area contributed by atoms with E-state index in [1.54, 1.807) is 18.2 Å². The van der Waals surface area contributed by atoms with Crippen LogP contribution in [-0.4, -0.2) is 29.8 Å². The minimum atomic E-state index is -0.114. The summed E-state index contributed by atoms with van der Waals surface area (Å²) < 4.78 is 1.96. The Morgan fingerprint density at radius 3 is 2.33 bits per heavy atom. The molecule has 0 spiro atoms. The van der Waals surface area contributed by atoms with Gasteiger partial charge in [0.15, 0.2) is 0 Å². The van der Waals surface area contributed by atoms with Crippen molar-refractivity contribution in [3.63, 3.8) is 0 Å². The average Bonchev–Trinajstić information content (AvgIpc) is 3.27. The number of hydrogen-bond donors (Lipinski definition) is 2. The quantitative estimate of drug-likeness (QED) is 0.222. The Hall–Kier alpha value is -4.22. The van der Waals surface area contributed by atoms with Crippen LogP contribution in [0.3, 0.4) is 0 Å². The molecule has 1 aromatic heterocycles. The molecule has 0 fully saturated rings. The van der Waals surface area contributed by atoms with E-state index in [0.717, 1.165) is 38.7 Å². The standard InChI is InChI=1S/C29H27N3O.C2H7N/c1-5-8-9-10-21(6-2)29(33)30-23-15-13-22-14-18-25-27(7-3)31-32(28(25)26(22)19-23)24-16-11-20(4)12-17-24;1-3-2/h5,7-19H,1,3,6H2,2,4H3,(H,30,33);3H,1-2H3/b9-8-,21-10+;. The van der Waals surface area contributed by atoms with Crippen molar-refractivity contribution in [2.75, 3.05) is 19.4 Å². The van der Waals surface area contributed by atoms with E-state index in [2.05, 4.69) is 67.1 Å². The van der Waals surface area contributed by atoms with Gasteiger partial charge in [0, 0.05) is 22.0 Å². The fraction of sp³-hybridized carbons (Fsp3) is 0.161. The molecule has 0 aliphatic rings. The maximum atomic E-state index is 12.8. The summed E-state index contributed by atoms with van der Waals surface area (Å²) >= 11 is 0. The molecular formula is C31H34N4O. The SMILES string of the molecule is C=C/C=C\C=C(/CC)C(=O)Nc1ccc2ccc3c(C=C)nn(-c4ccc(C)cc4)c3c2c1.CNC. The summed E-state index contributed by atoms with van der Waals surface area (Å²) in [4.78, 5) is 12.8. The number of aromatic nitrogens is 2. The van der Waals surface area contributed by atoms with E-state index in [1.165, 1.54) is 5.56 Å². The van der Waals surface area contributed by atoms with E-state index < -0.39 is 0 Å². The highest BCUT2D eigenvalue weighted by atomic mass is 16.1. The lowest BCUT2D eigenvalue weighted by molar-refractivity contribution is -0.112. The van der Waals surface area contributed by atoms with Crippen LogP contribution in [0.15, 0.2) is 97.6 Å². The molecule has 0 saturated heterocycles. The van der Waals surface area contributed by atoms with E-state index in [4.69, 9.17) is 5.10 Å². The topological polar surface area (TPSA) is 59.0 Å². The van der Waals surface area contributed by atoms with Gasteiger partial charge in [-0.3, -0.25) is 4.79 Å². The number of amides is 1. The third-order valence-electron chi connectivity index (χ3n) is 5.64. The second-order valence-electron chi connectivity index (χ2n) is 8.35. The van der Waals surface area contributed by atoms with E-state index in [1.807, 2.05) is 56.1 Å². The van der Waals surface area contributed by atoms with E-state index in [-0.39, 0.29) is 5.91 Å². The van der Waals surface area contributed by atoms with Crippen molar-refractivity contribution in [1.29, 1.82) is 0 Å². The van der Waals surface area contributed by atoms with Crippen molar-refractivity contribution >= 4 is 39.3 Å². The highest BCUT2D eigenvalue weighted by molar-refractivity contribution is 6.11. The Labute approximate surface area is 213 Å². The molecule has 0 atom stereocenters. The molecule has 0 bridgehead atoms. The second-order valence-corrected chi connectivity index (χ2v) is 8.35. The molecule has 1 amide bonds. The Morgan fingerprint density at radius 2 is 1.69 bits per heavy atom. The summed E-state index contributed by atoms with van der Waals surface area (Å²) in [5.74, 6) is -0.114. The molecule has 4 aromatic rings. The number of carbonyl (C=O) groups is 1. The third-order valence-corrected chi connectivity index (χ3v) is 5.64. The summed E-state index contributed by atoms with van der Waals surface area (Å²) in [5.41, 5.74) is 5.42. The lowest BCUT2D eigenvalue weighted by atomic mass is 10.0. The smallest absolute Gasteiger partial charge is 0.251 e. The number of allylic oxidation sites excluding steroid dienone is 4. The fourth-order valence-electron chi connectivity index (χ4n) is 3.87. The number of carbonyl (C=O) groups excluding carboxylic acids is 1. The first-order valence-electron chi connectivity index (χ1n) is 12.0. The minimum absolute atomic E-state index is 0.114. The van der Waals surface area contributed by atoms with Crippen LogP contribution < -0.4 is 10.6 Å². The van der Waals surface area contributed by atoms with Gasteiger partial charge in [0.2, 0.25) is 0 Å². The number of fused-ring (bicyclic) bond motifs is 3. The van der Waals surface area contributed by atoms with Crippen LogP contribution in [0.1, 0.15) is 24.6 Å². The number of rotatable bonds is 7. The van der Waals surface area contributed by atoms with Gasteiger partial charge in [-0.1, -0.05) is 74.2 Å². The molecule has 184 valence electrons. The highest BCUT2D eigenvalue weighted by Crippen LogP contribution is 2.32. The zero-order valence-corrected chi connectivity index (χ0v) is 21.5. The van der Waals surface area contributed by atoms with Crippen LogP contribution in [0, 0.1) is 6.92 Å². The van der Waals surface area contributed by atoms with Gasteiger partial charge in [-0.25, -0.2) is 4.68 Å². The predicted molar refractivity (Wildman–Crippen MR) is 155 cm³/mol. The summed E-state index contributed by atoms with van der Waals surface area (Å²) in [5, 5.41) is 13.7. The molecule has 5 heteroatoms. The molecule has 0 aliphatic carbocycles. The largest absolute Gasteiger partial charge is 0.323 e. The van der Waals surface area contributed by atoms with Crippen LogP contribution in [-0.2, 0) is 4.79 Å². The molecule has 2 N–H and O–H groups in total. The Kier molecular flexibility index (Phi) is 9.14. The highest BCUT2D eigenvalue weighted by Gasteiger charge is 2.15. The van der Waals surface area contributed by atoms with Crippen molar-refractivity contribution in [3.05, 3.63) is 109 Å². The Balaban J connectivity index is 0.00000115. The average molecular weight is 479 g/mol. The summed E-state index contributed by atoms with van der Waals surface area (Å²) in [6.45, 7) is 11.6. The number of hydrogen-bond acceptors (Lipinski definition) is 3. The molecule has 5 nitrogen and oxygen atoms in total. The number of nitrogens with one attached hydrogen (secondary N) is 2. The molecule has 0 unspecified atom stereocenters. The molecule has 3 aromatic carbocycles. The summed E-state index contributed by atoms with van der Waals surface area (Å²) in [6.07, 6.45) is 9.54. The predicted octanol–water partition coefficient (Wildman–Crippen LogP) is 6.98. The van der Waals surface area contributed by atoms with Crippen molar-refractivity contribution in [2.24, 2.45) is 0 Å². The first kappa shape index (κ1) is 26.4. The molecule has 0 aliphatic heterocycles. The zero-order chi connectivity index (χ0) is 26.1. The molecule has 0 radical (unpaired) electrons. The zero-order valence-electron chi connectivity index (χ0n) is 21.5. The number of nitrogens with zero attached hydrogens (tertiary/aromatic N) is 2. The summed E-state index contributed by atoms with van der Waals surface area (Å²) in [7, 11) is 3.75. The van der Waals surface area contributed by atoms with Crippen LogP contribution >= 0.6 is 0 Å². The maximum Gasteiger partial charge on any atom is 0.251 e. The number of benzene rings is 3. The van der Waals surface area contributed by atoms with Crippen molar-refractivity contribution in [1.82, 2.24) is 15.1 Å². The van der Waals surface area contributed by atoms with E-state index in [9.17, 15) is 4.79 Å². The van der Waals surface area contributed by atoms with Gasteiger partial charge >= 0.3 is 0 Å². The first-order chi connectivity index (χ1) is 17.5. The first-order valence-corrected chi connectivity index (χ1v) is 12.0. The summed E-state index contributed by atoms with van der Waals surface area (Å²) in [6, 6.07) is 18.4. The van der Waals surface area contributed by atoms with Crippen LogP contribution in [0.4, 0.5) is 5.69 Å². The molecule has 0 saturated carbocycles. The van der Waals surface area contributed by atoms with Crippen molar-refractivity contribution < 1.29 is 4.79 Å². The third kappa shape index (κ3) is 5.88. The van der Waals surface area contributed by atoms with Crippen molar-refractivity contribution in [3.8, 4) is 5.69 Å². The van der Waals surface area contributed by atoms with Crippen LogP contribution in [0.5, 0.6) is 0 Å². The maximum absolute atomic E-state index is 12.8. The molecular weight excluding hydrogens is 444 g/mol. The van der Waals surface area contributed by atoms with Gasteiger partial charge in [-0.2, -0.15) is 5.10 Å². The second kappa shape index (κ2) is 12.5.